The van der Waals surface area contributed by atoms with Crippen LogP contribution in [-0.4, -0.2) is 101 Å². The van der Waals surface area contributed by atoms with Gasteiger partial charge in [-0.15, -0.1) is 0 Å². The third-order valence-electron chi connectivity index (χ3n) is 20.9. The smallest absolute Gasteiger partial charge is 0.311 e. The quantitative estimate of drug-likeness (QED) is 0.0194. The van der Waals surface area contributed by atoms with Gasteiger partial charge >= 0.3 is 23.9 Å². The van der Waals surface area contributed by atoms with Gasteiger partial charge in [0, 0.05) is 98.5 Å². The number of primary amides is 2. The van der Waals surface area contributed by atoms with Crippen LogP contribution in [0.1, 0.15) is 177 Å². The number of ketones is 6. The fourth-order valence-electron chi connectivity index (χ4n) is 13.7. The summed E-state index contributed by atoms with van der Waals surface area (Å²) in [5, 5.41) is 37.9. The molecule has 0 radical (unpaired) electrons. The minimum Gasteiger partial charge on any atom is -0.481 e. The minimum absolute atomic E-state index is 0.00628. The van der Waals surface area contributed by atoms with Crippen molar-refractivity contribution < 1.29 is 95.5 Å². The van der Waals surface area contributed by atoms with Crippen LogP contribution in [0.15, 0.2) is 223 Å². The number of hydrogen-bond acceptors (Lipinski definition) is 14. The zero-order valence-corrected chi connectivity index (χ0v) is 74.5. The lowest BCUT2D eigenvalue weighted by Gasteiger charge is -2.18. The molecule has 1 heterocycles. The van der Waals surface area contributed by atoms with Gasteiger partial charge in [-0.05, 0) is 163 Å². The molecule has 9 aromatic carbocycles. The highest BCUT2D eigenvalue weighted by atomic mass is 79.9. The third kappa shape index (κ3) is 39.2. The second-order valence-corrected chi connectivity index (χ2v) is 32.6. The van der Waals surface area contributed by atoms with E-state index in [0.717, 1.165) is 62.7 Å². The molecule has 0 saturated heterocycles. The number of hydrogen-bond donors (Lipinski definition) is 6. The molecule has 25 heteroatoms. The Morgan fingerprint density at radius 3 is 1.13 bits per heavy atom. The molecule has 0 fully saturated rings. The Balaban J connectivity index is 0.000000271. The summed E-state index contributed by atoms with van der Waals surface area (Å²) in [4.78, 5) is 149. The maximum absolute atomic E-state index is 13.8. The Morgan fingerprint density at radius 1 is 0.378 bits per heavy atom. The van der Waals surface area contributed by atoms with E-state index in [0.29, 0.717) is 76.6 Å². The molecule has 127 heavy (non-hydrogen) atoms. The van der Waals surface area contributed by atoms with Crippen molar-refractivity contribution in [2.24, 2.45) is 47.0 Å². The fraction of sp³-hybridized carbons (Fsp3) is 0.333. The number of halogens is 5. The Kier molecular flexibility index (Phi) is 45.4. The monoisotopic (exact) mass is 1800 g/mol. The van der Waals surface area contributed by atoms with Crippen molar-refractivity contribution in [1.29, 1.82) is 0 Å². The van der Waals surface area contributed by atoms with E-state index in [4.69, 9.17) is 16.6 Å². The summed E-state index contributed by atoms with van der Waals surface area (Å²) in [5.41, 5.74) is 19.6. The lowest BCUT2D eigenvalue weighted by atomic mass is 9.86. The van der Waals surface area contributed by atoms with Gasteiger partial charge < -0.3 is 31.9 Å². The number of nitrogens with zero attached hydrogens (tertiary/aromatic N) is 2. The maximum atomic E-state index is 13.8. The largest absolute Gasteiger partial charge is 0.481 e. The van der Waals surface area contributed by atoms with Gasteiger partial charge in [0.2, 0.25) is 11.8 Å². The zero-order chi connectivity index (χ0) is 93.8. The van der Waals surface area contributed by atoms with E-state index in [1.54, 1.807) is 106 Å². The van der Waals surface area contributed by atoms with E-state index in [9.17, 15) is 90.4 Å². The zero-order valence-electron chi connectivity index (χ0n) is 72.9. The molecule has 2 amide bonds. The first kappa shape index (κ1) is 105. The van der Waals surface area contributed by atoms with Crippen molar-refractivity contribution in [3.05, 3.63) is 319 Å². The minimum atomic E-state index is -1.05. The molecule has 0 aliphatic rings. The van der Waals surface area contributed by atoms with Crippen molar-refractivity contribution in [2.75, 3.05) is 0 Å². The number of rotatable bonds is 41. The molecule has 1 aromatic heterocycles. The van der Waals surface area contributed by atoms with Crippen LogP contribution in [0.2, 0.25) is 0 Å². The standard InChI is InChI=1S/C21H20N2O3.C18H17FO3.C18H18O3.C16H22FNO2.C15H19FO3.C14H17BrFNO2/c1-14-7-8-19-17(9-14)13-22-20(23-19)12-18(24)11-16(21(25)26)10-15-5-3-2-4-6-15;1-12-7-8-14(17(19)9-12)10-15(20)11-16(18(21)22)13-5-3-2-4-6-13;19-17(12-15-9-5-2-6-10-15)13-16(18(20)21)11-14-7-3-1-4-8-14;1-4-11(3)14(16(18)20)9-13(19)8-12-6-5-10(2)7-15(12)17;1-3-4-12(15(18)19)9-13(17)8-11-6-5-10(2)7-14(11)16;1-2-3-10(14(17)19)7-12(18)6-9-4-5-11(15)8-13(9)16/h2-9,13,16H,10-12H2,1H3,(H,25,26);2-9,16H,10-11H2,1H3,(H,21,22);1-10,16H,11-13H2,(H,20,21);5-7,11,14H,4,8-9H2,1-3H3,(H2,18,20);5-7,12H,3-4,8-9H2,1-2H3,(H,18,19);4-5,8,10H,2-3,6-7H2,1H3,(H2,17,19). The molecule has 7 unspecified atom stereocenters. The number of carboxylic acids is 4. The lowest BCUT2D eigenvalue weighted by Crippen LogP contribution is -2.31. The first-order valence-electron chi connectivity index (χ1n) is 42.0. The van der Waals surface area contributed by atoms with Gasteiger partial charge in [0.05, 0.1) is 35.6 Å². The van der Waals surface area contributed by atoms with Gasteiger partial charge in [-0.2, -0.15) is 0 Å². The first-order valence-corrected chi connectivity index (χ1v) is 42.8. The lowest BCUT2D eigenvalue weighted by molar-refractivity contribution is -0.144. The number of aromatic nitrogens is 2. The molecule has 0 aliphatic carbocycles. The number of benzene rings is 9. The second-order valence-electron chi connectivity index (χ2n) is 31.7. The molecule has 0 saturated carbocycles. The maximum Gasteiger partial charge on any atom is 0.311 e. The molecule has 10 aromatic rings. The average molecular weight is 1810 g/mol. The van der Waals surface area contributed by atoms with Crippen molar-refractivity contribution in [1.82, 2.24) is 9.97 Å². The number of fused-ring (bicyclic) bond motifs is 1. The molecular formula is C102H113BrF4N4O16. The van der Waals surface area contributed by atoms with Crippen molar-refractivity contribution >= 4 is 97.2 Å². The summed E-state index contributed by atoms with van der Waals surface area (Å²) in [5.74, 6) is -10.9. The van der Waals surface area contributed by atoms with Crippen LogP contribution in [0.5, 0.6) is 0 Å². The third-order valence-corrected chi connectivity index (χ3v) is 21.4. The van der Waals surface area contributed by atoms with Gasteiger partial charge in [-0.3, -0.25) is 57.5 Å². The molecule has 0 aliphatic heterocycles. The van der Waals surface area contributed by atoms with Gasteiger partial charge in [0.25, 0.3) is 0 Å². The average Bonchev–Trinajstić information content (AvgIpc) is 0.830. The highest BCUT2D eigenvalue weighted by molar-refractivity contribution is 9.10. The Morgan fingerprint density at radius 2 is 0.732 bits per heavy atom. The molecule has 672 valence electrons. The summed E-state index contributed by atoms with van der Waals surface area (Å²) >= 11 is 3.16. The number of aliphatic carboxylic acids is 4. The van der Waals surface area contributed by atoms with Gasteiger partial charge in [-0.1, -0.05) is 238 Å². The Labute approximate surface area is 747 Å². The summed E-state index contributed by atoms with van der Waals surface area (Å²) < 4.78 is 55.2. The van der Waals surface area contributed by atoms with E-state index in [-0.39, 0.29) is 117 Å². The van der Waals surface area contributed by atoms with Gasteiger partial charge in [-0.25, -0.2) is 27.5 Å². The highest BCUT2D eigenvalue weighted by Gasteiger charge is 2.29. The van der Waals surface area contributed by atoms with Crippen LogP contribution >= 0.6 is 15.9 Å². The van der Waals surface area contributed by atoms with Crippen LogP contribution < -0.4 is 11.5 Å². The Hall–Kier alpha value is -12.6. The second kappa shape index (κ2) is 55.0. The van der Waals surface area contributed by atoms with Gasteiger partial charge in [0.15, 0.2) is 0 Å². The molecular weight excluding hydrogens is 1690 g/mol. The van der Waals surface area contributed by atoms with Crippen LogP contribution in [0.25, 0.3) is 10.9 Å². The topological polar surface area (TPSA) is 364 Å². The van der Waals surface area contributed by atoms with Crippen LogP contribution in [-0.2, 0) is 109 Å². The fourth-order valence-corrected chi connectivity index (χ4v) is 14.1. The molecule has 7 atom stereocenters. The number of amides is 2. The number of carbonyl (C=O) groups is 12. The van der Waals surface area contributed by atoms with Crippen molar-refractivity contribution in [3.8, 4) is 0 Å². The van der Waals surface area contributed by atoms with Gasteiger partial charge in [0.1, 0.15) is 63.8 Å². The summed E-state index contributed by atoms with van der Waals surface area (Å²) in [6.45, 7) is 15.0. The van der Waals surface area contributed by atoms with E-state index in [1.807, 2.05) is 144 Å². The van der Waals surface area contributed by atoms with E-state index in [2.05, 4.69) is 25.9 Å². The molecule has 0 spiro atoms. The summed E-state index contributed by atoms with van der Waals surface area (Å²) in [6.07, 6.45) is 5.98. The Bertz CT molecular complexity index is 5250. The molecule has 20 nitrogen and oxygen atoms in total. The normalized spacial score (nSPS) is 12.3. The predicted octanol–water partition coefficient (Wildman–Crippen LogP) is 18.9. The number of Topliss-reactive ketones (excluding diaryl/α,β-unsaturated/α-hetero) is 6. The van der Waals surface area contributed by atoms with E-state index in [1.165, 1.54) is 24.3 Å². The molecule has 8 N–H and O–H groups in total. The number of carbonyl (C=O) groups excluding carboxylic acids is 8. The molecule has 10 rings (SSSR count). The number of carboxylic acid groups (broad SMARTS) is 4. The van der Waals surface area contributed by atoms with Crippen LogP contribution in [0.3, 0.4) is 0 Å². The highest BCUT2D eigenvalue weighted by Crippen LogP contribution is 2.27. The number of nitrogens with two attached hydrogens (primary N) is 2. The molecule has 0 bridgehead atoms. The van der Waals surface area contributed by atoms with Crippen LogP contribution in [0.4, 0.5) is 17.6 Å². The van der Waals surface area contributed by atoms with E-state index < -0.39 is 88.7 Å². The summed E-state index contributed by atoms with van der Waals surface area (Å²) in [6, 6.07) is 61.3. The first-order chi connectivity index (χ1) is 60.3. The predicted molar refractivity (Wildman–Crippen MR) is 483 cm³/mol. The SMILES string of the molecule is CCC(C)C(CC(=O)Cc1ccc(C)cc1F)C(N)=O.CCCC(CC(=O)Cc1ccc(Br)cc1F)C(N)=O.CCCC(CC(=O)Cc1ccc(C)cc1F)C(=O)O.Cc1ccc(CC(=O)CC(C(=O)O)c2ccccc2)c(F)c1.Cc1ccc2nc(CC(=O)CC(Cc3ccccc3)C(=O)O)ncc2c1.O=C(Cc1ccccc1)CC(Cc1ccccc1)C(=O)O. The van der Waals surface area contributed by atoms with Crippen LogP contribution in [0, 0.1) is 86.5 Å². The summed E-state index contributed by atoms with van der Waals surface area (Å²) in [7, 11) is 0. The number of aryl methyl sites for hydroxylation is 4. The van der Waals surface area contributed by atoms with E-state index >= 15 is 0 Å². The van der Waals surface area contributed by atoms with Crippen molar-refractivity contribution in [3.63, 3.8) is 0 Å². The van der Waals surface area contributed by atoms with Crippen molar-refractivity contribution in [2.45, 2.75) is 183 Å².